The fraction of sp³-hybridized carbons (Fsp3) is 0.182. The van der Waals surface area contributed by atoms with Crippen molar-refractivity contribution >= 4 is 11.4 Å². The maximum Gasteiger partial charge on any atom is 0.292 e. The lowest BCUT2D eigenvalue weighted by Gasteiger charge is -2.08. The zero-order chi connectivity index (χ0) is 12.6. The van der Waals surface area contributed by atoms with E-state index < -0.39 is 4.92 Å². The van der Waals surface area contributed by atoms with Crippen LogP contribution >= 0.6 is 0 Å². The fourth-order valence-electron chi connectivity index (χ4n) is 1.69. The zero-order valence-corrected chi connectivity index (χ0v) is 9.54. The van der Waals surface area contributed by atoms with Gasteiger partial charge in [0.1, 0.15) is 5.69 Å². The molecule has 1 aromatic carbocycles. The highest BCUT2D eigenvalue weighted by atomic mass is 16.6. The third kappa shape index (κ3) is 1.96. The first-order valence-electron chi connectivity index (χ1n) is 5.04. The summed E-state index contributed by atoms with van der Waals surface area (Å²) in [5.41, 5.74) is 8.20. The molecule has 0 spiro atoms. The van der Waals surface area contributed by atoms with Gasteiger partial charge in [0.15, 0.2) is 0 Å². The average Bonchev–Trinajstić information content (AvgIpc) is 2.67. The second-order valence-electron chi connectivity index (χ2n) is 3.88. The number of imidazole rings is 1. The van der Waals surface area contributed by atoms with Crippen LogP contribution in [-0.2, 0) is 0 Å². The summed E-state index contributed by atoms with van der Waals surface area (Å²) in [6.07, 6.45) is 3.50. The van der Waals surface area contributed by atoms with Crippen molar-refractivity contribution in [2.75, 3.05) is 5.73 Å². The minimum atomic E-state index is -0.481. The number of anilines is 1. The second-order valence-corrected chi connectivity index (χ2v) is 3.88. The van der Waals surface area contributed by atoms with Crippen molar-refractivity contribution in [3.63, 3.8) is 0 Å². The Hall–Kier alpha value is -2.37. The molecule has 2 rings (SSSR count). The van der Waals surface area contributed by atoms with Gasteiger partial charge in [-0.1, -0.05) is 0 Å². The van der Waals surface area contributed by atoms with Crippen molar-refractivity contribution in [2.45, 2.75) is 13.8 Å². The van der Waals surface area contributed by atoms with E-state index in [0.29, 0.717) is 0 Å². The summed E-state index contributed by atoms with van der Waals surface area (Å²) in [7, 11) is 0. The normalized spacial score (nSPS) is 10.5. The Morgan fingerprint density at radius 1 is 1.41 bits per heavy atom. The largest absolute Gasteiger partial charge is 0.393 e. The zero-order valence-electron chi connectivity index (χ0n) is 9.54. The van der Waals surface area contributed by atoms with Crippen molar-refractivity contribution in [1.29, 1.82) is 0 Å². The Balaban J connectivity index is 2.57. The molecule has 0 aliphatic heterocycles. The summed E-state index contributed by atoms with van der Waals surface area (Å²) >= 11 is 0. The van der Waals surface area contributed by atoms with Crippen LogP contribution in [0.25, 0.3) is 5.69 Å². The molecule has 0 aliphatic rings. The number of hydrogen-bond donors (Lipinski definition) is 1. The Morgan fingerprint density at radius 3 is 2.65 bits per heavy atom. The molecule has 0 aliphatic carbocycles. The number of hydrogen-bond acceptors (Lipinski definition) is 4. The molecule has 1 heterocycles. The fourth-order valence-corrected chi connectivity index (χ4v) is 1.69. The Labute approximate surface area is 97.9 Å². The summed E-state index contributed by atoms with van der Waals surface area (Å²) in [5, 5.41) is 10.7. The van der Waals surface area contributed by atoms with Crippen LogP contribution in [-0.4, -0.2) is 14.5 Å². The lowest BCUT2D eigenvalue weighted by molar-refractivity contribution is -0.383. The average molecular weight is 232 g/mol. The van der Waals surface area contributed by atoms with E-state index in [0.717, 1.165) is 16.9 Å². The minimum Gasteiger partial charge on any atom is -0.393 e. The van der Waals surface area contributed by atoms with Crippen molar-refractivity contribution in [3.8, 4) is 5.69 Å². The van der Waals surface area contributed by atoms with Gasteiger partial charge < -0.3 is 10.3 Å². The Morgan fingerprint density at radius 2 is 2.12 bits per heavy atom. The summed E-state index contributed by atoms with van der Waals surface area (Å²) in [6.45, 7) is 3.68. The van der Waals surface area contributed by atoms with Gasteiger partial charge in [-0.2, -0.15) is 0 Å². The van der Waals surface area contributed by atoms with Gasteiger partial charge in [-0.25, -0.2) is 4.98 Å². The lowest BCUT2D eigenvalue weighted by Crippen LogP contribution is -2.01. The highest BCUT2D eigenvalue weighted by Crippen LogP contribution is 2.27. The monoisotopic (exact) mass is 232 g/mol. The van der Waals surface area contributed by atoms with Gasteiger partial charge in [0.2, 0.25) is 0 Å². The third-order valence-corrected chi connectivity index (χ3v) is 2.53. The number of nitro groups is 1. The summed E-state index contributed by atoms with van der Waals surface area (Å²) < 4.78 is 1.80. The summed E-state index contributed by atoms with van der Waals surface area (Å²) in [6, 6.07) is 3.06. The van der Waals surface area contributed by atoms with Gasteiger partial charge in [-0.3, -0.25) is 10.1 Å². The maximum absolute atomic E-state index is 10.7. The van der Waals surface area contributed by atoms with Crippen molar-refractivity contribution < 1.29 is 4.92 Å². The molecule has 17 heavy (non-hydrogen) atoms. The number of nitrogen functional groups attached to an aromatic ring is 1. The predicted molar refractivity (Wildman–Crippen MR) is 64.1 cm³/mol. The van der Waals surface area contributed by atoms with Crippen LogP contribution in [0.2, 0.25) is 0 Å². The molecule has 0 atom stereocenters. The van der Waals surface area contributed by atoms with E-state index in [1.54, 1.807) is 23.9 Å². The highest BCUT2D eigenvalue weighted by Gasteiger charge is 2.14. The molecule has 0 bridgehead atoms. The molecule has 1 aromatic heterocycles. The number of aromatic nitrogens is 2. The second kappa shape index (κ2) is 3.89. The van der Waals surface area contributed by atoms with Gasteiger partial charge >= 0.3 is 0 Å². The molecule has 0 radical (unpaired) electrons. The van der Waals surface area contributed by atoms with E-state index in [4.69, 9.17) is 5.73 Å². The van der Waals surface area contributed by atoms with Crippen LogP contribution in [0.15, 0.2) is 24.7 Å². The molecule has 2 N–H and O–H groups in total. The van der Waals surface area contributed by atoms with Crippen LogP contribution in [0.5, 0.6) is 0 Å². The third-order valence-electron chi connectivity index (χ3n) is 2.53. The van der Waals surface area contributed by atoms with E-state index >= 15 is 0 Å². The maximum atomic E-state index is 10.7. The number of nitrogens with zero attached hydrogens (tertiary/aromatic N) is 3. The van der Waals surface area contributed by atoms with E-state index in [2.05, 4.69) is 4.98 Å². The van der Waals surface area contributed by atoms with Crippen molar-refractivity contribution in [1.82, 2.24) is 9.55 Å². The topological polar surface area (TPSA) is 87.0 Å². The number of nitro benzene ring substituents is 1. The van der Waals surface area contributed by atoms with Crippen LogP contribution in [0, 0.1) is 24.0 Å². The van der Waals surface area contributed by atoms with Crippen LogP contribution in [0.1, 0.15) is 11.3 Å². The molecule has 6 heteroatoms. The van der Waals surface area contributed by atoms with Gasteiger partial charge in [-0.15, -0.1) is 0 Å². The van der Waals surface area contributed by atoms with E-state index in [1.165, 1.54) is 6.07 Å². The molecule has 6 nitrogen and oxygen atoms in total. The first-order chi connectivity index (χ1) is 7.99. The van der Waals surface area contributed by atoms with Gasteiger partial charge in [0.05, 0.1) is 22.6 Å². The van der Waals surface area contributed by atoms with E-state index in [9.17, 15) is 10.1 Å². The van der Waals surface area contributed by atoms with Gasteiger partial charge in [0.25, 0.3) is 5.69 Å². The van der Waals surface area contributed by atoms with Crippen LogP contribution in [0.4, 0.5) is 11.4 Å². The lowest BCUT2D eigenvalue weighted by atomic mass is 10.1. The summed E-state index contributed by atoms with van der Waals surface area (Å²) in [5.74, 6) is 0. The van der Waals surface area contributed by atoms with Gasteiger partial charge in [-0.05, 0) is 25.5 Å². The highest BCUT2D eigenvalue weighted by molar-refractivity contribution is 5.65. The smallest absolute Gasteiger partial charge is 0.292 e. The van der Waals surface area contributed by atoms with Crippen molar-refractivity contribution in [3.05, 3.63) is 46.0 Å². The SMILES string of the molecule is Cc1cn(-c2cc(N)c([N+](=O)[O-])cc2C)cn1. The molecule has 0 amide bonds. The molecule has 0 fully saturated rings. The molecule has 0 saturated carbocycles. The number of nitrogens with two attached hydrogens (primary N) is 1. The van der Waals surface area contributed by atoms with E-state index in [-0.39, 0.29) is 11.4 Å². The number of benzene rings is 1. The molecule has 0 saturated heterocycles. The summed E-state index contributed by atoms with van der Waals surface area (Å²) in [4.78, 5) is 14.4. The Bertz CT molecular complexity index is 589. The predicted octanol–water partition coefficient (Wildman–Crippen LogP) is 1.98. The quantitative estimate of drug-likeness (QED) is 0.487. The molecule has 2 aromatic rings. The number of aryl methyl sites for hydroxylation is 2. The minimum absolute atomic E-state index is 0.0666. The molecule has 88 valence electrons. The van der Waals surface area contributed by atoms with E-state index in [1.807, 2.05) is 13.1 Å². The van der Waals surface area contributed by atoms with Crippen LogP contribution in [0.3, 0.4) is 0 Å². The standard InChI is InChI=1S/C11H12N4O2/c1-7-3-11(15(16)17)9(12)4-10(7)14-5-8(2)13-6-14/h3-6H,12H2,1-2H3. The molecule has 0 unspecified atom stereocenters. The van der Waals surface area contributed by atoms with Crippen molar-refractivity contribution in [2.24, 2.45) is 0 Å². The van der Waals surface area contributed by atoms with Gasteiger partial charge in [0, 0.05) is 12.3 Å². The first-order valence-corrected chi connectivity index (χ1v) is 5.04. The molecular weight excluding hydrogens is 220 g/mol. The number of rotatable bonds is 2. The first kappa shape index (κ1) is 11.1. The van der Waals surface area contributed by atoms with Crippen LogP contribution < -0.4 is 5.73 Å². The molecular formula is C11H12N4O2. The Kier molecular flexibility index (Phi) is 2.55.